The van der Waals surface area contributed by atoms with Gasteiger partial charge in [0.15, 0.2) is 0 Å². The second-order valence-corrected chi connectivity index (χ2v) is 4.72. The molecule has 0 saturated heterocycles. The van der Waals surface area contributed by atoms with E-state index in [0.717, 1.165) is 16.1 Å². The Bertz CT molecular complexity index is 527. The molecule has 1 unspecified atom stereocenters. The quantitative estimate of drug-likeness (QED) is 0.866. The van der Waals surface area contributed by atoms with Crippen LogP contribution in [0.1, 0.15) is 24.1 Å². The van der Waals surface area contributed by atoms with Crippen LogP contribution in [0.2, 0.25) is 5.02 Å². The van der Waals surface area contributed by atoms with Crippen molar-refractivity contribution in [2.75, 3.05) is 0 Å². The highest BCUT2D eigenvalue weighted by Crippen LogP contribution is 2.17. The molecule has 2 rings (SSSR count). The third-order valence-electron chi connectivity index (χ3n) is 2.85. The zero-order valence-electron chi connectivity index (χ0n) is 10.2. The predicted molar refractivity (Wildman–Crippen MR) is 73.1 cm³/mol. The van der Waals surface area contributed by atoms with Gasteiger partial charge in [0.1, 0.15) is 5.82 Å². The number of hydrogen-bond acceptors (Lipinski definition) is 1. The molecule has 94 valence electrons. The van der Waals surface area contributed by atoms with E-state index in [2.05, 4.69) is 12.2 Å². The normalized spacial score (nSPS) is 12.4. The van der Waals surface area contributed by atoms with Gasteiger partial charge in [-0.15, -0.1) is 0 Å². The number of hydrogen-bond donors (Lipinski definition) is 1. The SMILES string of the molecule is CC(NCc1cccc(F)c1)c1cccc(Cl)c1. The minimum atomic E-state index is -0.204. The molecule has 1 N–H and O–H groups in total. The second kappa shape index (κ2) is 5.98. The molecular weight excluding hydrogens is 249 g/mol. The Kier molecular flexibility index (Phi) is 4.34. The van der Waals surface area contributed by atoms with Crippen molar-refractivity contribution >= 4 is 11.6 Å². The molecule has 1 atom stereocenters. The summed E-state index contributed by atoms with van der Waals surface area (Å²) in [4.78, 5) is 0. The van der Waals surface area contributed by atoms with Crippen molar-refractivity contribution in [3.05, 3.63) is 70.5 Å². The van der Waals surface area contributed by atoms with E-state index in [9.17, 15) is 4.39 Å². The van der Waals surface area contributed by atoms with Crippen LogP contribution in [-0.2, 0) is 6.54 Å². The predicted octanol–water partition coefficient (Wildman–Crippen LogP) is 4.33. The van der Waals surface area contributed by atoms with E-state index < -0.39 is 0 Å². The molecule has 3 heteroatoms. The van der Waals surface area contributed by atoms with Crippen LogP contribution in [0, 0.1) is 5.82 Å². The minimum Gasteiger partial charge on any atom is -0.306 e. The Morgan fingerprint density at radius 1 is 1.17 bits per heavy atom. The van der Waals surface area contributed by atoms with Gasteiger partial charge in [-0.1, -0.05) is 35.9 Å². The van der Waals surface area contributed by atoms with Crippen LogP contribution in [0.3, 0.4) is 0 Å². The summed E-state index contributed by atoms with van der Waals surface area (Å²) in [7, 11) is 0. The lowest BCUT2D eigenvalue weighted by atomic mass is 10.1. The minimum absolute atomic E-state index is 0.173. The van der Waals surface area contributed by atoms with E-state index >= 15 is 0 Å². The fourth-order valence-corrected chi connectivity index (χ4v) is 2.01. The fourth-order valence-electron chi connectivity index (χ4n) is 1.81. The first-order valence-electron chi connectivity index (χ1n) is 5.88. The first-order chi connectivity index (χ1) is 8.65. The van der Waals surface area contributed by atoms with Gasteiger partial charge in [0, 0.05) is 17.6 Å². The van der Waals surface area contributed by atoms with E-state index in [4.69, 9.17) is 11.6 Å². The van der Waals surface area contributed by atoms with Gasteiger partial charge in [-0.25, -0.2) is 4.39 Å². The van der Waals surface area contributed by atoms with Gasteiger partial charge in [0.05, 0.1) is 0 Å². The third-order valence-corrected chi connectivity index (χ3v) is 3.09. The highest BCUT2D eigenvalue weighted by molar-refractivity contribution is 6.30. The van der Waals surface area contributed by atoms with Crippen molar-refractivity contribution in [3.8, 4) is 0 Å². The van der Waals surface area contributed by atoms with Crippen LogP contribution in [-0.4, -0.2) is 0 Å². The molecule has 0 aromatic heterocycles. The van der Waals surface area contributed by atoms with Crippen molar-refractivity contribution in [3.63, 3.8) is 0 Å². The van der Waals surface area contributed by atoms with Gasteiger partial charge >= 0.3 is 0 Å². The average Bonchev–Trinajstić information content (AvgIpc) is 2.36. The van der Waals surface area contributed by atoms with Gasteiger partial charge in [-0.05, 0) is 42.3 Å². The molecule has 1 nitrogen and oxygen atoms in total. The summed E-state index contributed by atoms with van der Waals surface area (Å²) in [5.41, 5.74) is 2.06. The van der Waals surface area contributed by atoms with E-state index in [1.807, 2.05) is 30.3 Å². The largest absolute Gasteiger partial charge is 0.306 e. The highest BCUT2D eigenvalue weighted by atomic mass is 35.5. The first-order valence-corrected chi connectivity index (χ1v) is 6.26. The van der Waals surface area contributed by atoms with Crippen molar-refractivity contribution in [2.24, 2.45) is 0 Å². The highest BCUT2D eigenvalue weighted by Gasteiger charge is 2.05. The molecule has 0 amide bonds. The topological polar surface area (TPSA) is 12.0 Å². The zero-order valence-corrected chi connectivity index (χ0v) is 10.9. The third kappa shape index (κ3) is 3.56. The lowest BCUT2D eigenvalue weighted by Gasteiger charge is -2.14. The number of halogens is 2. The molecule has 0 radical (unpaired) electrons. The first kappa shape index (κ1) is 13.1. The smallest absolute Gasteiger partial charge is 0.123 e. The molecule has 2 aromatic carbocycles. The molecule has 0 aliphatic carbocycles. The zero-order chi connectivity index (χ0) is 13.0. The van der Waals surface area contributed by atoms with Crippen LogP contribution in [0.15, 0.2) is 48.5 Å². The molecular formula is C15H15ClFN. The molecule has 0 spiro atoms. The Balaban J connectivity index is 1.98. The Morgan fingerprint density at radius 3 is 2.67 bits per heavy atom. The van der Waals surface area contributed by atoms with E-state index in [1.54, 1.807) is 6.07 Å². The standard InChI is InChI=1S/C15H15ClFN/c1-11(13-5-3-6-14(16)9-13)18-10-12-4-2-7-15(17)8-12/h2-9,11,18H,10H2,1H3. The van der Waals surface area contributed by atoms with Gasteiger partial charge < -0.3 is 5.32 Å². The number of rotatable bonds is 4. The Morgan fingerprint density at radius 2 is 1.94 bits per heavy atom. The van der Waals surface area contributed by atoms with Crippen LogP contribution >= 0.6 is 11.6 Å². The Labute approximate surface area is 112 Å². The van der Waals surface area contributed by atoms with Crippen LogP contribution < -0.4 is 5.32 Å². The summed E-state index contributed by atoms with van der Waals surface area (Å²) < 4.78 is 13.0. The maximum absolute atomic E-state index is 13.0. The van der Waals surface area contributed by atoms with Crippen LogP contribution in [0.5, 0.6) is 0 Å². The lowest BCUT2D eigenvalue weighted by Crippen LogP contribution is -2.18. The van der Waals surface area contributed by atoms with E-state index in [1.165, 1.54) is 12.1 Å². The summed E-state index contributed by atoms with van der Waals surface area (Å²) in [5, 5.41) is 4.07. The monoisotopic (exact) mass is 263 g/mol. The molecule has 2 aromatic rings. The molecule has 18 heavy (non-hydrogen) atoms. The maximum atomic E-state index is 13.0. The van der Waals surface area contributed by atoms with Crippen molar-refractivity contribution in [1.29, 1.82) is 0 Å². The lowest BCUT2D eigenvalue weighted by molar-refractivity contribution is 0.569. The number of nitrogens with one attached hydrogen (secondary N) is 1. The summed E-state index contributed by atoms with van der Waals surface area (Å²) in [6.07, 6.45) is 0. The van der Waals surface area contributed by atoms with Gasteiger partial charge in [0.2, 0.25) is 0 Å². The summed E-state index contributed by atoms with van der Waals surface area (Å²) in [5.74, 6) is -0.204. The molecule has 0 aliphatic rings. The van der Waals surface area contributed by atoms with Crippen molar-refractivity contribution in [2.45, 2.75) is 19.5 Å². The fraction of sp³-hybridized carbons (Fsp3) is 0.200. The molecule has 0 fully saturated rings. The second-order valence-electron chi connectivity index (χ2n) is 4.29. The summed E-state index contributed by atoms with van der Waals surface area (Å²) >= 11 is 5.95. The molecule has 0 aliphatic heterocycles. The van der Waals surface area contributed by atoms with Gasteiger partial charge in [-0.2, -0.15) is 0 Å². The van der Waals surface area contributed by atoms with Crippen LogP contribution in [0.25, 0.3) is 0 Å². The maximum Gasteiger partial charge on any atom is 0.123 e. The molecule has 0 heterocycles. The van der Waals surface area contributed by atoms with Crippen LogP contribution in [0.4, 0.5) is 4.39 Å². The summed E-state index contributed by atoms with van der Waals surface area (Å²) in [6.45, 7) is 2.69. The van der Waals surface area contributed by atoms with Gasteiger partial charge in [-0.3, -0.25) is 0 Å². The van der Waals surface area contributed by atoms with E-state index in [-0.39, 0.29) is 11.9 Å². The van der Waals surface area contributed by atoms with E-state index in [0.29, 0.717) is 6.54 Å². The number of benzene rings is 2. The van der Waals surface area contributed by atoms with Gasteiger partial charge in [0.25, 0.3) is 0 Å². The Hall–Kier alpha value is -1.38. The average molecular weight is 264 g/mol. The molecule has 0 saturated carbocycles. The van der Waals surface area contributed by atoms with Crippen molar-refractivity contribution in [1.82, 2.24) is 5.32 Å². The molecule has 0 bridgehead atoms. The summed E-state index contributed by atoms with van der Waals surface area (Å²) in [6, 6.07) is 14.5. The van der Waals surface area contributed by atoms with Crippen molar-refractivity contribution < 1.29 is 4.39 Å².